The third-order valence-corrected chi connectivity index (χ3v) is 6.64. The first-order valence-corrected chi connectivity index (χ1v) is 12.1. The van der Waals surface area contributed by atoms with Gasteiger partial charge in [0, 0.05) is 29.4 Å². The first kappa shape index (κ1) is 24.4. The Labute approximate surface area is 211 Å². The van der Waals surface area contributed by atoms with Crippen LogP contribution in [0.3, 0.4) is 0 Å². The number of thioether (sulfide) groups is 1. The van der Waals surface area contributed by atoms with Gasteiger partial charge in [0.05, 0.1) is 11.4 Å². The van der Waals surface area contributed by atoms with Crippen LogP contribution in [0.15, 0.2) is 78.2 Å². The van der Waals surface area contributed by atoms with Crippen LogP contribution in [0.5, 0.6) is 0 Å². The molecule has 35 heavy (non-hydrogen) atoms. The van der Waals surface area contributed by atoms with Gasteiger partial charge in [0.2, 0.25) is 5.91 Å². The minimum atomic E-state index is -1.09. The van der Waals surface area contributed by atoms with Crippen LogP contribution in [0.4, 0.5) is 0 Å². The number of carboxylic acids is 1. The lowest BCUT2D eigenvalue weighted by atomic mass is 10.1. The molecular weight excluding hydrogens is 486 g/mol. The highest BCUT2D eigenvalue weighted by Crippen LogP contribution is 2.31. The number of carbonyl (C=O) groups excluding carboxylic acids is 1. The molecule has 2 aromatic heterocycles. The van der Waals surface area contributed by atoms with E-state index in [1.165, 1.54) is 11.8 Å². The molecule has 2 N–H and O–H groups in total. The van der Waals surface area contributed by atoms with E-state index >= 15 is 0 Å². The van der Waals surface area contributed by atoms with E-state index < -0.39 is 17.9 Å². The fourth-order valence-electron chi connectivity index (χ4n) is 3.52. The number of aromatic nitrogens is 4. The van der Waals surface area contributed by atoms with Crippen molar-refractivity contribution in [3.63, 3.8) is 0 Å². The SMILES string of the molecule is Cc1c(Cl)cccc1-n1c(SCC(=O)N[C@@H](Cc2ccccc2)C(=O)O)nnc1-c1ccncc1. The number of nitrogens with zero attached hydrogens (tertiary/aromatic N) is 4. The quantitative estimate of drug-likeness (QED) is 0.327. The standard InChI is InChI=1S/C25H22ClN5O3S/c1-16-19(26)8-5-9-21(16)31-23(18-10-12-27-13-11-18)29-30-25(31)35-15-22(32)28-20(24(33)34)14-17-6-3-2-4-7-17/h2-13,20H,14-15H2,1H3,(H,28,32)(H,33,34)/t20-/m0/s1. The number of aliphatic carboxylic acids is 1. The second-order valence-corrected chi connectivity index (χ2v) is 9.05. The summed E-state index contributed by atoms with van der Waals surface area (Å²) >= 11 is 7.54. The zero-order chi connectivity index (χ0) is 24.8. The molecule has 4 rings (SSSR count). The van der Waals surface area contributed by atoms with E-state index in [9.17, 15) is 14.7 Å². The average molecular weight is 508 g/mol. The van der Waals surface area contributed by atoms with E-state index in [-0.39, 0.29) is 12.2 Å². The van der Waals surface area contributed by atoms with Crippen LogP contribution in [0.25, 0.3) is 17.1 Å². The van der Waals surface area contributed by atoms with E-state index in [0.717, 1.165) is 22.4 Å². The van der Waals surface area contributed by atoms with Crippen LogP contribution in [-0.4, -0.2) is 48.5 Å². The molecule has 0 spiro atoms. The summed E-state index contributed by atoms with van der Waals surface area (Å²) < 4.78 is 1.84. The van der Waals surface area contributed by atoms with Gasteiger partial charge in [-0.05, 0) is 42.3 Å². The molecule has 0 saturated carbocycles. The molecule has 4 aromatic rings. The number of hydrogen-bond donors (Lipinski definition) is 2. The Morgan fingerprint density at radius 3 is 2.51 bits per heavy atom. The highest BCUT2D eigenvalue weighted by atomic mass is 35.5. The third kappa shape index (κ3) is 5.87. The molecule has 0 radical (unpaired) electrons. The highest BCUT2D eigenvalue weighted by molar-refractivity contribution is 7.99. The molecule has 1 amide bonds. The Morgan fingerprint density at radius 1 is 1.06 bits per heavy atom. The maximum Gasteiger partial charge on any atom is 0.326 e. The number of amides is 1. The summed E-state index contributed by atoms with van der Waals surface area (Å²) in [5.74, 6) is -0.966. The monoisotopic (exact) mass is 507 g/mol. The van der Waals surface area contributed by atoms with Crippen LogP contribution in [0, 0.1) is 6.92 Å². The van der Waals surface area contributed by atoms with Gasteiger partial charge in [0.15, 0.2) is 11.0 Å². The smallest absolute Gasteiger partial charge is 0.326 e. The molecule has 0 aliphatic heterocycles. The molecule has 10 heteroatoms. The summed E-state index contributed by atoms with van der Waals surface area (Å²) in [6.45, 7) is 1.90. The normalized spacial score (nSPS) is 11.7. The largest absolute Gasteiger partial charge is 0.480 e. The molecule has 2 heterocycles. The lowest BCUT2D eigenvalue weighted by molar-refractivity contribution is -0.141. The summed E-state index contributed by atoms with van der Waals surface area (Å²) in [6.07, 6.45) is 3.52. The van der Waals surface area contributed by atoms with Crippen molar-refractivity contribution in [3.8, 4) is 17.1 Å². The van der Waals surface area contributed by atoms with Crippen LogP contribution < -0.4 is 5.32 Å². The van der Waals surface area contributed by atoms with Gasteiger partial charge < -0.3 is 10.4 Å². The summed E-state index contributed by atoms with van der Waals surface area (Å²) in [7, 11) is 0. The van der Waals surface area contributed by atoms with Crippen LogP contribution in [-0.2, 0) is 16.0 Å². The highest BCUT2D eigenvalue weighted by Gasteiger charge is 2.23. The molecular formula is C25H22ClN5O3S. The number of halogens is 1. The van der Waals surface area contributed by atoms with Gasteiger partial charge in [-0.3, -0.25) is 14.3 Å². The van der Waals surface area contributed by atoms with Gasteiger partial charge in [0.25, 0.3) is 0 Å². The van der Waals surface area contributed by atoms with Crippen molar-refractivity contribution in [2.45, 2.75) is 24.5 Å². The summed E-state index contributed by atoms with van der Waals surface area (Å²) in [5, 5.41) is 21.9. The van der Waals surface area contributed by atoms with Crippen LogP contribution in [0.1, 0.15) is 11.1 Å². The number of pyridine rings is 1. The first-order chi connectivity index (χ1) is 16.9. The minimum absolute atomic E-state index is 0.0351. The minimum Gasteiger partial charge on any atom is -0.480 e. The summed E-state index contributed by atoms with van der Waals surface area (Å²) in [6, 6.07) is 17.3. The zero-order valence-corrected chi connectivity index (χ0v) is 20.3. The van der Waals surface area contributed by atoms with E-state index in [0.29, 0.717) is 16.0 Å². The van der Waals surface area contributed by atoms with Crippen LogP contribution >= 0.6 is 23.4 Å². The number of benzene rings is 2. The van der Waals surface area contributed by atoms with Crippen molar-refractivity contribution >= 4 is 35.2 Å². The summed E-state index contributed by atoms with van der Waals surface area (Å²) in [5.41, 5.74) is 3.25. The van der Waals surface area contributed by atoms with E-state index in [1.807, 2.05) is 66.1 Å². The third-order valence-electron chi connectivity index (χ3n) is 5.30. The second kappa shape index (κ2) is 11.2. The van der Waals surface area contributed by atoms with Crippen molar-refractivity contribution in [2.75, 3.05) is 5.75 Å². The Hall–Kier alpha value is -3.69. The predicted octanol–water partition coefficient (Wildman–Crippen LogP) is 4.20. The predicted molar refractivity (Wildman–Crippen MR) is 135 cm³/mol. The van der Waals surface area contributed by atoms with Gasteiger partial charge in [-0.15, -0.1) is 10.2 Å². The Kier molecular flexibility index (Phi) is 7.79. The zero-order valence-electron chi connectivity index (χ0n) is 18.8. The van der Waals surface area contributed by atoms with Gasteiger partial charge in [-0.1, -0.05) is 59.8 Å². The number of carbonyl (C=O) groups is 2. The van der Waals surface area contributed by atoms with Crippen molar-refractivity contribution < 1.29 is 14.7 Å². The molecule has 8 nitrogen and oxygen atoms in total. The lowest BCUT2D eigenvalue weighted by Gasteiger charge is -2.15. The molecule has 178 valence electrons. The molecule has 0 aliphatic carbocycles. The number of hydrogen-bond acceptors (Lipinski definition) is 6. The van der Waals surface area contributed by atoms with Crippen molar-refractivity contribution in [1.82, 2.24) is 25.1 Å². The first-order valence-electron chi connectivity index (χ1n) is 10.7. The fourth-order valence-corrected chi connectivity index (χ4v) is 4.45. The number of carboxylic acid groups (broad SMARTS) is 1. The van der Waals surface area contributed by atoms with Gasteiger partial charge in [-0.2, -0.15) is 0 Å². The molecule has 1 atom stereocenters. The molecule has 0 bridgehead atoms. The molecule has 0 unspecified atom stereocenters. The number of rotatable bonds is 9. The van der Waals surface area contributed by atoms with Crippen molar-refractivity contribution in [1.29, 1.82) is 0 Å². The number of nitrogens with one attached hydrogen (secondary N) is 1. The molecule has 0 fully saturated rings. The van der Waals surface area contributed by atoms with Gasteiger partial charge in [-0.25, -0.2) is 4.79 Å². The second-order valence-electron chi connectivity index (χ2n) is 7.70. The topological polar surface area (TPSA) is 110 Å². The lowest BCUT2D eigenvalue weighted by Crippen LogP contribution is -2.43. The average Bonchev–Trinajstić information content (AvgIpc) is 3.29. The molecule has 0 aliphatic rings. The Balaban J connectivity index is 1.56. The molecule has 2 aromatic carbocycles. The fraction of sp³-hybridized carbons (Fsp3) is 0.160. The maximum absolute atomic E-state index is 12.7. The van der Waals surface area contributed by atoms with Gasteiger partial charge >= 0.3 is 5.97 Å². The van der Waals surface area contributed by atoms with E-state index in [2.05, 4.69) is 20.5 Å². The summed E-state index contributed by atoms with van der Waals surface area (Å²) in [4.78, 5) is 28.5. The Bertz CT molecular complexity index is 1330. The molecule has 0 saturated heterocycles. The maximum atomic E-state index is 12.7. The van der Waals surface area contributed by atoms with Gasteiger partial charge in [0.1, 0.15) is 6.04 Å². The van der Waals surface area contributed by atoms with Crippen LogP contribution in [0.2, 0.25) is 5.02 Å². The van der Waals surface area contributed by atoms with E-state index in [4.69, 9.17) is 11.6 Å². The van der Waals surface area contributed by atoms with E-state index in [1.54, 1.807) is 18.5 Å². The Morgan fingerprint density at radius 2 is 1.80 bits per heavy atom. The van der Waals surface area contributed by atoms with Crippen molar-refractivity contribution in [2.24, 2.45) is 0 Å². The van der Waals surface area contributed by atoms with Crippen molar-refractivity contribution in [3.05, 3.63) is 89.2 Å².